The maximum absolute atomic E-state index is 12.5. The van der Waals surface area contributed by atoms with Gasteiger partial charge in [0, 0.05) is 17.8 Å². The number of rotatable bonds is 6. The maximum atomic E-state index is 12.5. The van der Waals surface area contributed by atoms with Crippen molar-refractivity contribution < 1.29 is 28.8 Å². The third kappa shape index (κ3) is 3.88. The molecular formula is C20H17N3O7. The van der Waals surface area contributed by atoms with Crippen LogP contribution < -0.4 is 5.32 Å². The van der Waals surface area contributed by atoms with Gasteiger partial charge in [0.1, 0.15) is 6.04 Å². The van der Waals surface area contributed by atoms with Crippen LogP contribution in [0.15, 0.2) is 48.5 Å². The minimum absolute atomic E-state index is 0.137. The second kappa shape index (κ2) is 8.11. The predicted octanol–water partition coefficient (Wildman–Crippen LogP) is 2.15. The highest BCUT2D eigenvalue weighted by Crippen LogP contribution is 2.25. The Morgan fingerprint density at radius 1 is 1.00 bits per heavy atom. The van der Waals surface area contributed by atoms with Gasteiger partial charge in [-0.3, -0.25) is 29.4 Å². The molecule has 3 rings (SSSR count). The van der Waals surface area contributed by atoms with Gasteiger partial charge in [0.05, 0.1) is 16.1 Å². The first-order valence-electron chi connectivity index (χ1n) is 8.93. The summed E-state index contributed by atoms with van der Waals surface area (Å²) in [4.78, 5) is 60.5. The van der Waals surface area contributed by atoms with E-state index < -0.39 is 40.8 Å². The third-order valence-electron chi connectivity index (χ3n) is 4.56. The molecule has 0 aromatic heterocycles. The van der Waals surface area contributed by atoms with Crippen LogP contribution >= 0.6 is 0 Å². The van der Waals surface area contributed by atoms with Crippen LogP contribution in [0.2, 0.25) is 0 Å². The second-order valence-electron chi connectivity index (χ2n) is 6.57. The van der Waals surface area contributed by atoms with Gasteiger partial charge in [-0.15, -0.1) is 0 Å². The van der Waals surface area contributed by atoms with Gasteiger partial charge in [0.25, 0.3) is 23.4 Å². The van der Waals surface area contributed by atoms with Gasteiger partial charge in [0.15, 0.2) is 6.10 Å². The standard InChI is InChI=1S/C20H17N3O7/c1-11(22-18(25)15-5-3-4-6-16(15)19(22)26)20(27)30-12(2)17(24)21-13-7-9-14(10-8-13)23(28)29/h3-12H,1-2H3,(H,21,24)/t11-,12+/m0/s1. The topological polar surface area (TPSA) is 136 Å². The Bertz CT molecular complexity index is 1010. The Kier molecular flexibility index (Phi) is 5.58. The van der Waals surface area contributed by atoms with E-state index in [1.165, 1.54) is 50.2 Å². The normalized spacial score (nSPS) is 14.7. The molecule has 0 bridgehead atoms. The molecule has 1 heterocycles. The van der Waals surface area contributed by atoms with E-state index in [0.29, 0.717) is 0 Å². The number of anilines is 1. The molecule has 2 aromatic rings. The molecule has 154 valence electrons. The summed E-state index contributed by atoms with van der Waals surface area (Å²) in [6, 6.07) is 10.1. The van der Waals surface area contributed by atoms with Gasteiger partial charge in [-0.05, 0) is 38.1 Å². The molecule has 0 saturated carbocycles. The van der Waals surface area contributed by atoms with Crippen LogP contribution in [0.3, 0.4) is 0 Å². The first-order valence-corrected chi connectivity index (χ1v) is 8.93. The maximum Gasteiger partial charge on any atom is 0.329 e. The van der Waals surface area contributed by atoms with Crippen molar-refractivity contribution in [3.8, 4) is 0 Å². The highest BCUT2D eigenvalue weighted by atomic mass is 16.6. The van der Waals surface area contributed by atoms with E-state index in [9.17, 15) is 29.3 Å². The van der Waals surface area contributed by atoms with E-state index >= 15 is 0 Å². The van der Waals surface area contributed by atoms with Crippen molar-refractivity contribution in [1.29, 1.82) is 0 Å². The van der Waals surface area contributed by atoms with Crippen LogP contribution in [0.1, 0.15) is 34.6 Å². The molecule has 1 aliphatic heterocycles. The van der Waals surface area contributed by atoms with E-state index in [1.54, 1.807) is 12.1 Å². The summed E-state index contributed by atoms with van der Waals surface area (Å²) >= 11 is 0. The van der Waals surface area contributed by atoms with Crippen molar-refractivity contribution >= 4 is 35.1 Å². The van der Waals surface area contributed by atoms with Crippen LogP contribution in [0.4, 0.5) is 11.4 Å². The molecule has 10 heteroatoms. The quantitative estimate of drug-likeness (QED) is 0.333. The monoisotopic (exact) mass is 411 g/mol. The summed E-state index contributed by atoms with van der Waals surface area (Å²) < 4.78 is 5.11. The predicted molar refractivity (Wildman–Crippen MR) is 104 cm³/mol. The number of non-ortho nitro benzene ring substituents is 1. The number of carbonyl (C=O) groups excluding carboxylic acids is 4. The summed E-state index contributed by atoms with van der Waals surface area (Å²) in [6.45, 7) is 2.67. The Morgan fingerprint density at radius 2 is 1.53 bits per heavy atom. The number of imide groups is 1. The molecule has 0 saturated heterocycles. The first-order chi connectivity index (χ1) is 14.2. The Morgan fingerprint density at radius 3 is 2.03 bits per heavy atom. The van der Waals surface area contributed by atoms with E-state index in [2.05, 4.69) is 5.32 Å². The number of fused-ring (bicyclic) bond motifs is 1. The lowest BCUT2D eigenvalue weighted by Gasteiger charge is -2.22. The zero-order valence-electron chi connectivity index (χ0n) is 16.0. The van der Waals surface area contributed by atoms with Crippen molar-refractivity contribution in [3.05, 3.63) is 69.8 Å². The Hall–Kier alpha value is -4.08. The molecule has 0 aliphatic carbocycles. The van der Waals surface area contributed by atoms with Crippen molar-refractivity contribution in [2.24, 2.45) is 0 Å². The zero-order valence-corrected chi connectivity index (χ0v) is 16.0. The molecule has 3 amide bonds. The Balaban J connectivity index is 1.62. The number of amides is 3. The summed E-state index contributed by atoms with van der Waals surface area (Å²) in [5, 5.41) is 13.1. The van der Waals surface area contributed by atoms with E-state index in [4.69, 9.17) is 4.74 Å². The molecule has 30 heavy (non-hydrogen) atoms. The van der Waals surface area contributed by atoms with Crippen molar-refractivity contribution in [2.75, 3.05) is 5.32 Å². The van der Waals surface area contributed by atoms with E-state index in [1.807, 2.05) is 0 Å². The van der Waals surface area contributed by atoms with Gasteiger partial charge < -0.3 is 10.1 Å². The fourth-order valence-corrected chi connectivity index (χ4v) is 2.90. The summed E-state index contributed by atoms with van der Waals surface area (Å²) in [5.41, 5.74) is 0.543. The summed E-state index contributed by atoms with van der Waals surface area (Å²) in [7, 11) is 0. The number of nitro groups is 1. The zero-order chi connectivity index (χ0) is 22.0. The molecule has 0 radical (unpaired) electrons. The van der Waals surface area contributed by atoms with Gasteiger partial charge in [-0.2, -0.15) is 0 Å². The van der Waals surface area contributed by atoms with Crippen LogP contribution in [-0.2, 0) is 14.3 Å². The molecule has 1 N–H and O–H groups in total. The van der Waals surface area contributed by atoms with E-state index in [-0.39, 0.29) is 22.5 Å². The number of hydrogen-bond donors (Lipinski definition) is 1. The summed E-state index contributed by atoms with van der Waals surface area (Å²) in [6.07, 6.45) is -1.23. The average molecular weight is 411 g/mol. The largest absolute Gasteiger partial charge is 0.451 e. The molecular weight excluding hydrogens is 394 g/mol. The minimum atomic E-state index is -1.23. The van der Waals surface area contributed by atoms with Crippen LogP contribution in [0.5, 0.6) is 0 Å². The number of carbonyl (C=O) groups is 4. The SMILES string of the molecule is C[C@@H](OC(=O)[C@H](C)N1C(=O)c2ccccc2C1=O)C(=O)Nc1ccc([N+](=O)[O-])cc1. The van der Waals surface area contributed by atoms with Gasteiger partial charge in [-0.25, -0.2) is 4.79 Å². The number of benzene rings is 2. The smallest absolute Gasteiger partial charge is 0.329 e. The number of hydrogen-bond acceptors (Lipinski definition) is 7. The lowest BCUT2D eigenvalue weighted by Crippen LogP contribution is -2.45. The van der Waals surface area contributed by atoms with E-state index in [0.717, 1.165) is 4.90 Å². The van der Waals surface area contributed by atoms with Gasteiger partial charge in [0.2, 0.25) is 0 Å². The van der Waals surface area contributed by atoms with Crippen LogP contribution in [0, 0.1) is 10.1 Å². The van der Waals surface area contributed by atoms with Crippen LogP contribution in [-0.4, -0.2) is 45.7 Å². The lowest BCUT2D eigenvalue weighted by molar-refractivity contribution is -0.384. The Labute approximate surface area is 170 Å². The fourth-order valence-electron chi connectivity index (χ4n) is 2.90. The second-order valence-corrected chi connectivity index (χ2v) is 6.57. The number of esters is 1. The fraction of sp³-hybridized carbons (Fsp3) is 0.200. The summed E-state index contributed by atoms with van der Waals surface area (Å²) in [5.74, 6) is -2.81. The molecule has 2 atom stereocenters. The third-order valence-corrected chi connectivity index (χ3v) is 4.56. The molecule has 10 nitrogen and oxygen atoms in total. The van der Waals surface area contributed by atoms with Crippen molar-refractivity contribution in [2.45, 2.75) is 26.0 Å². The molecule has 2 aromatic carbocycles. The highest BCUT2D eigenvalue weighted by molar-refractivity contribution is 6.22. The average Bonchev–Trinajstić information content (AvgIpc) is 2.98. The minimum Gasteiger partial charge on any atom is -0.451 e. The number of ether oxygens (including phenoxy) is 1. The van der Waals surface area contributed by atoms with Crippen LogP contribution in [0.25, 0.3) is 0 Å². The lowest BCUT2D eigenvalue weighted by atomic mass is 10.1. The number of nitrogens with one attached hydrogen (secondary N) is 1. The van der Waals surface area contributed by atoms with Gasteiger partial charge >= 0.3 is 5.97 Å². The van der Waals surface area contributed by atoms with Gasteiger partial charge in [-0.1, -0.05) is 12.1 Å². The van der Waals surface area contributed by atoms with Crippen molar-refractivity contribution in [3.63, 3.8) is 0 Å². The molecule has 0 fully saturated rings. The molecule has 0 spiro atoms. The molecule has 1 aliphatic rings. The number of nitro benzene ring substituents is 1. The highest BCUT2D eigenvalue weighted by Gasteiger charge is 2.41. The van der Waals surface area contributed by atoms with Crippen molar-refractivity contribution in [1.82, 2.24) is 4.90 Å². The number of nitrogens with zero attached hydrogens (tertiary/aromatic N) is 2. The first kappa shape index (κ1) is 20.6. The molecule has 0 unspecified atom stereocenters.